The summed E-state index contributed by atoms with van der Waals surface area (Å²) in [5.74, 6) is 0.728. The van der Waals surface area contributed by atoms with E-state index in [0.717, 1.165) is 18.0 Å². The minimum absolute atomic E-state index is 0.183. The first-order chi connectivity index (χ1) is 6.87. The van der Waals surface area contributed by atoms with E-state index in [0.29, 0.717) is 0 Å². The second kappa shape index (κ2) is 4.65. The van der Waals surface area contributed by atoms with Gasteiger partial charge in [0, 0.05) is 11.8 Å². The van der Waals surface area contributed by atoms with Crippen molar-refractivity contribution in [2.75, 3.05) is 0 Å². The van der Waals surface area contributed by atoms with Crippen molar-refractivity contribution >= 4 is 0 Å². The van der Waals surface area contributed by atoms with Crippen LogP contribution in [0, 0.1) is 5.41 Å². The smallest absolute Gasteiger partial charge is 0.213 e. The van der Waals surface area contributed by atoms with Crippen molar-refractivity contribution in [1.82, 2.24) is 4.98 Å². The number of aromatic nitrogens is 1. The first kappa shape index (κ1) is 12.0. The Balaban J connectivity index is 2.74. The van der Waals surface area contributed by atoms with Gasteiger partial charge in [-0.15, -0.1) is 0 Å². The molecule has 0 fully saturated rings. The summed E-state index contributed by atoms with van der Waals surface area (Å²) in [7, 11) is 0. The Kier molecular flexibility index (Phi) is 3.72. The zero-order valence-corrected chi connectivity index (χ0v) is 10.4. The Hall–Kier alpha value is -1.05. The van der Waals surface area contributed by atoms with Crippen LogP contribution in [-0.4, -0.2) is 11.1 Å². The molecule has 84 valence electrons. The lowest BCUT2D eigenvalue weighted by Crippen LogP contribution is -2.12. The van der Waals surface area contributed by atoms with Crippen LogP contribution in [0.25, 0.3) is 0 Å². The molecule has 0 saturated carbocycles. The Morgan fingerprint density at radius 2 is 1.93 bits per heavy atom. The highest BCUT2D eigenvalue weighted by molar-refractivity contribution is 5.16. The van der Waals surface area contributed by atoms with Crippen molar-refractivity contribution < 1.29 is 4.74 Å². The maximum atomic E-state index is 5.56. The van der Waals surface area contributed by atoms with Crippen LogP contribution in [0.5, 0.6) is 5.88 Å². The molecular formula is C13H21NO. The van der Waals surface area contributed by atoms with Crippen molar-refractivity contribution in [3.8, 4) is 5.88 Å². The van der Waals surface area contributed by atoms with Crippen LogP contribution in [0.4, 0.5) is 0 Å². The monoisotopic (exact) mass is 207 g/mol. The SMILES string of the molecule is CC(C)Oc1cccc(CC(C)(C)C)n1. The molecule has 0 aliphatic rings. The van der Waals surface area contributed by atoms with E-state index in [-0.39, 0.29) is 11.5 Å². The molecule has 1 rings (SSSR count). The van der Waals surface area contributed by atoms with Gasteiger partial charge in [-0.25, -0.2) is 4.98 Å². The van der Waals surface area contributed by atoms with Crippen molar-refractivity contribution in [2.24, 2.45) is 5.41 Å². The fraction of sp³-hybridized carbons (Fsp3) is 0.615. The maximum absolute atomic E-state index is 5.56. The predicted molar refractivity (Wildman–Crippen MR) is 63.2 cm³/mol. The van der Waals surface area contributed by atoms with Gasteiger partial charge in [0.15, 0.2) is 0 Å². The van der Waals surface area contributed by atoms with Crippen LogP contribution in [-0.2, 0) is 6.42 Å². The Morgan fingerprint density at radius 1 is 1.27 bits per heavy atom. The first-order valence-corrected chi connectivity index (χ1v) is 5.49. The van der Waals surface area contributed by atoms with Gasteiger partial charge in [0.25, 0.3) is 0 Å². The molecular weight excluding hydrogens is 186 g/mol. The van der Waals surface area contributed by atoms with E-state index >= 15 is 0 Å². The van der Waals surface area contributed by atoms with Gasteiger partial charge in [-0.05, 0) is 31.7 Å². The highest BCUT2D eigenvalue weighted by Gasteiger charge is 2.12. The van der Waals surface area contributed by atoms with Crippen LogP contribution in [0.15, 0.2) is 18.2 Å². The summed E-state index contributed by atoms with van der Waals surface area (Å²) in [6.45, 7) is 10.7. The first-order valence-electron chi connectivity index (χ1n) is 5.49. The fourth-order valence-corrected chi connectivity index (χ4v) is 1.41. The lowest BCUT2D eigenvalue weighted by molar-refractivity contribution is 0.231. The zero-order valence-electron chi connectivity index (χ0n) is 10.4. The molecule has 0 aromatic carbocycles. The van der Waals surface area contributed by atoms with E-state index < -0.39 is 0 Å². The second-order valence-electron chi connectivity index (χ2n) is 5.37. The maximum Gasteiger partial charge on any atom is 0.213 e. The molecule has 0 aliphatic carbocycles. The van der Waals surface area contributed by atoms with Crippen LogP contribution in [0.1, 0.15) is 40.3 Å². The third kappa shape index (κ3) is 4.82. The molecule has 0 spiro atoms. The Labute approximate surface area is 92.7 Å². The summed E-state index contributed by atoms with van der Waals surface area (Å²) >= 11 is 0. The fourth-order valence-electron chi connectivity index (χ4n) is 1.41. The topological polar surface area (TPSA) is 22.1 Å². The third-order valence-corrected chi connectivity index (χ3v) is 1.85. The number of rotatable bonds is 3. The van der Waals surface area contributed by atoms with Crippen molar-refractivity contribution in [1.29, 1.82) is 0 Å². The summed E-state index contributed by atoms with van der Waals surface area (Å²) in [4.78, 5) is 4.48. The molecule has 0 N–H and O–H groups in total. The van der Waals surface area contributed by atoms with Gasteiger partial charge in [0.1, 0.15) is 0 Å². The Morgan fingerprint density at radius 3 is 2.47 bits per heavy atom. The van der Waals surface area contributed by atoms with E-state index in [1.54, 1.807) is 0 Å². The average molecular weight is 207 g/mol. The summed E-state index contributed by atoms with van der Waals surface area (Å²) in [6, 6.07) is 5.97. The van der Waals surface area contributed by atoms with Gasteiger partial charge in [0.05, 0.1) is 6.10 Å². The molecule has 0 bridgehead atoms. The minimum Gasteiger partial charge on any atom is -0.475 e. The number of nitrogens with zero attached hydrogens (tertiary/aromatic N) is 1. The van der Waals surface area contributed by atoms with Crippen LogP contribution in [0.3, 0.4) is 0 Å². The van der Waals surface area contributed by atoms with E-state index in [9.17, 15) is 0 Å². The molecule has 1 heterocycles. The van der Waals surface area contributed by atoms with Gasteiger partial charge in [0.2, 0.25) is 5.88 Å². The standard InChI is InChI=1S/C13H21NO/c1-10(2)15-12-8-6-7-11(14-12)9-13(3,4)5/h6-8,10H,9H2,1-5H3. The largest absolute Gasteiger partial charge is 0.475 e. The lowest BCUT2D eigenvalue weighted by Gasteiger charge is -2.18. The highest BCUT2D eigenvalue weighted by atomic mass is 16.5. The summed E-state index contributed by atoms with van der Waals surface area (Å²) in [5.41, 5.74) is 1.37. The van der Waals surface area contributed by atoms with Gasteiger partial charge in [-0.1, -0.05) is 26.8 Å². The molecule has 1 aromatic heterocycles. The normalized spacial score (nSPS) is 11.9. The zero-order chi connectivity index (χ0) is 11.5. The molecule has 0 saturated heterocycles. The van der Waals surface area contributed by atoms with E-state index in [4.69, 9.17) is 4.74 Å². The molecule has 2 nitrogen and oxygen atoms in total. The molecule has 0 amide bonds. The van der Waals surface area contributed by atoms with Gasteiger partial charge >= 0.3 is 0 Å². The molecule has 0 radical (unpaired) electrons. The third-order valence-electron chi connectivity index (χ3n) is 1.85. The minimum atomic E-state index is 0.183. The second-order valence-corrected chi connectivity index (χ2v) is 5.37. The van der Waals surface area contributed by atoms with Crippen LogP contribution >= 0.6 is 0 Å². The van der Waals surface area contributed by atoms with E-state index in [1.165, 1.54) is 0 Å². The molecule has 15 heavy (non-hydrogen) atoms. The van der Waals surface area contributed by atoms with Gasteiger partial charge in [-0.3, -0.25) is 0 Å². The quantitative estimate of drug-likeness (QED) is 0.757. The number of hydrogen-bond donors (Lipinski definition) is 0. The summed E-state index contributed by atoms with van der Waals surface area (Å²) in [5, 5.41) is 0. The van der Waals surface area contributed by atoms with Crippen molar-refractivity contribution in [2.45, 2.75) is 47.1 Å². The van der Waals surface area contributed by atoms with E-state index in [1.807, 2.05) is 26.0 Å². The highest BCUT2D eigenvalue weighted by Crippen LogP contribution is 2.20. The number of hydrogen-bond acceptors (Lipinski definition) is 2. The molecule has 0 aliphatic heterocycles. The van der Waals surface area contributed by atoms with Crippen LogP contribution in [0.2, 0.25) is 0 Å². The lowest BCUT2D eigenvalue weighted by atomic mass is 9.90. The van der Waals surface area contributed by atoms with E-state index in [2.05, 4.69) is 31.8 Å². The van der Waals surface area contributed by atoms with Gasteiger partial charge < -0.3 is 4.74 Å². The van der Waals surface area contributed by atoms with Crippen molar-refractivity contribution in [3.05, 3.63) is 23.9 Å². The molecule has 0 unspecified atom stereocenters. The molecule has 2 heteroatoms. The average Bonchev–Trinajstić information content (AvgIpc) is 1.99. The number of pyridine rings is 1. The summed E-state index contributed by atoms with van der Waals surface area (Å²) in [6.07, 6.45) is 1.16. The van der Waals surface area contributed by atoms with Crippen molar-refractivity contribution in [3.63, 3.8) is 0 Å². The van der Waals surface area contributed by atoms with Crippen LogP contribution < -0.4 is 4.74 Å². The Bertz CT molecular complexity index is 313. The number of ether oxygens (including phenoxy) is 1. The van der Waals surface area contributed by atoms with Gasteiger partial charge in [-0.2, -0.15) is 0 Å². The summed E-state index contributed by atoms with van der Waals surface area (Å²) < 4.78 is 5.56. The predicted octanol–water partition coefficient (Wildman–Crippen LogP) is 3.46. The molecule has 1 aromatic rings. The molecule has 0 atom stereocenters.